The van der Waals surface area contributed by atoms with E-state index in [1.807, 2.05) is 18.2 Å². The van der Waals surface area contributed by atoms with Crippen LogP contribution < -0.4 is 10.1 Å². The number of methoxy groups -OCH3 is 1. The first-order chi connectivity index (χ1) is 14.1. The fraction of sp³-hybridized carbons (Fsp3) is 0.0476. The lowest BCUT2D eigenvalue weighted by Crippen LogP contribution is -2.14. The van der Waals surface area contributed by atoms with E-state index in [1.165, 1.54) is 24.6 Å². The molecule has 1 N–H and O–H groups in total. The number of benzene rings is 1. The van der Waals surface area contributed by atoms with Gasteiger partial charge in [-0.25, -0.2) is 9.97 Å². The molecule has 0 unspecified atom stereocenters. The summed E-state index contributed by atoms with van der Waals surface area (Å²) in [5, 5.41) is 3.75. The minimum Gasteiger partial charge on any atom is -0.495 e. The highest BCUT2D eigenvalue weighted by molar-refractivity contribution is 7.20. The molecule has 8 heteroatoms. The summed E-state index contributed by atoms with van der Waals surface area (Å²) in [6.45, 7) is 0. The maximum Gasteiger partial charge on any atom is 0.258 e. The summed E-state index contributed by atoms with van der Waals surface area (Å²) in [7, 11) is 1.49. The standard InChI is InChI=1S/C21H14ClN3O3S/c1-28-16-7-6-12(18(26)17-11-13-4-2-9-24-21(13)29-17)10-15(16)25-20(27)14-5-3-8-23-19(14)22/h2-11H,1H3,(H,25,27). The molecular weight excluding hydrogens is 410 g/mol. The molecule has 0 radical (unpaired) electrons. The minimum absolute atomic E-state index is 0.0916. The Hall–Kier alpha value is -3.29. The number of halogens is 1. The van der Waals surface area contributed by atoms with Crippen LogP contribution >= 0.6 is 22.9 Å². The lowest BCUT2D eigenvalue weighted by Gasteiger charge is -2.12. The fourth-order valence-electron chi connectivity index (χ4n) is 2.82. The summed E-state index contributed by atoms with van der Waals surface area (Å²) < 4.78 is 5.32. The van der Waals surface area contributed by atoms with Crippen LogP contribution in [0.3, 0.4) is 0 Å². The summed E-state index contributed by atoms with van der Waals surface area (Å²) in [6, 6.07) is 13.6. The number of pyridine rings is 2. The summed E-state index contributed by atoms with van der Waals surface area (Å²) in [5.74, 6) is -0.185. The second-order valence-electron chi connectivity index (χ2n) is 6.05. The van der Waals surface area contributed by atoms with Gasteiger partial charge in [0, 0.05) is 23.3 Å². The van der Waals surface area contributed by atoms with Crippen LogP contribution in [0.2, 0.25) is 5.15 Å². The quantitative estimate of drug-likeness (QED) is 0.367. The molecule has 0 saturated carbocycles. The number of carbonyl (C=O) groups excluding carboxylic acids is 2. The van der Waals surface area contributed by atoms with Crippen LogP contribution in [0, 0.1) is 0 Å². The van der Waals surface area contributed by atoms with E-state index in [1.54, 1.807) is 36.5 Å². The van der Waals surface area contributed by atoms with E-state index in [4.69, 9.17) is 16.3 Å². The molecule has 1 aromatic carbocycles. The molecule has 0 aliphatic carbocycles. The number of rotatable bonds is 5. The van der Waals surface area contributed by atoms with Crippen molar-refractivity contribution >= 4 is 50.5 Å². The molecule has 29 heavy (non-hydrogen) atoms. The first-order valence-electron chi connectivity index (χ1n) is 8.56. The van der Waals surface area contributed by atoms with Crippen molar-refractivity contribution in [3.63, 3.8) is 0 Å². The van der Waals surface area contributed by atoms with E-state index in [0.717, 1.165) is 10.2 Å². The second-order valence-corrected chi connectivity index (χ2v) is 7.44. The molecule has 0 saturated heterocycles. The van der Waals surface area contributed by atoms with Gasteiger partial charge in [0.15, 0.2) is 0 Å². The van der Waals surface area contributed by atoms with Crippen molar-refractivity contribution in [3.05, 3.63) is 82.1 Å². The van der Waals surface area contributed by atoms with Crippen LogP contribution in [0.1, 0.15) is 25.6 Å². The number of ether oxygens (including phenoxy) is 1. The van der Waals surface area contributed by atoms with E-state index in [9.17, 15) is 9.59 Å². The van der Waals surface area contributed by atoms with Gasteiger partial charge in [0.25, 0.3) is 5.91 Å². The van der Waals surface area contributed by atoms with Crippen molar-refractivity contribution in [3.8, 4) is 5.75 Å². The molecule has 0 spiro atoms. The lowest BCUT2D eigenvalue weighted by atomic mass is 10.1. The molecule has 4 aromatic rings. The van der Waals surface area contributed by atoms with Crippen molar-refractivity contribution < 1.29 is 14.3 Å². The summed E-state index contributed by atoms with van der Waals surface area (Å²) in [4.78, 5) is 35.1. The van der Waals surface area contributed by atoms with E-state index in [2.05, 4.69) is 15.3 Å². The Kier molecular flexibility index (Phi) is 5.24. The first kappa shape index (κ1) is 19.0. The van der Waals surface area contributed by atoms with Gasteiger partial charge in [0.05, 0.1) is 23.2 Å². The number of nitrogens with one attached hydrogen (secondary N) is 1. The van der Waals surface area contributed by atoms with E-state index < -0.39 is 5.91 Å². The number of amides is 1. The second kappa shape index (κ2) is 7.98. The van der Waals surface area contributed by atoms with Crippen LogP contribution in [0.5, 0.6) is 5.75 Å². The van der Waals surface area contributed by atoms with Gasteiger partial charge in [-0.1, -0.05) is 17.7 Å². The third-order valence-corrected chi connectivity index (χ3v) is 5.59. The maximum absolute atomic E-state index is 13.0. The van der Waals surface area contributed by atoms with E-state index >= 15 is 0 Å². The van der Waals surface area contributed by atoms with Crippen LogP contribution in [-0.2, 0) is 0 Å². The molecule has 1 amide bonds. The first-order valence-corrected chi connectivity index (χ1v) is 9.75. The van der Waals surface area contributed by atoms with Gasteiger partial charge in [-0.3, -0.25) is 9.59 Å². The smallest absolute Gasteiger partial charge is 0.258 e. The summed E-state index contributed by atoms with van der Waals surface area (Å²) >= 11 is 7.32. The largest absolute Gasteiger partial charge is 0.495 e. The fourth-order valence-corrected chi connectivity index (χ4v) is 3.99. The number of anilines is 1. The Morgan fingerprint density at radius 3 is 2.62 bits per heavy atom. The molecule has 0 aliphatic rings. The number of fused-ring (bicyclic) bond motifs is 1. The number of hydrogen-bond donors (Lipinski definition) is 1. The third-order valence-electron chi connectivity index (χ3n) is 4.23. The van der Waals surface area contributed by atoms with Gasteiger partial charge in [-0.05, 0) is 42.5 Å². The van der Waals surface area contributed by atoms with Crippen LogP contribution in [-0.4, -0.2) is 28.8 Å². The number of aromatic nitrogens is 2. The molecular formula is C21H14ClN3O3S. The predicted octanol–water partition coefficient (Wildman–Crippen LogP) is 4.84. The third kappa shape index (κ3) is 3.83. The highest BCUT2D eigenvalue weighted by atomic mass is 35.5. The van der Waals surface area contributed by atoms with Gasteiger partial charge in [0.2, 0.25) is 5.78 Å². The van der Waals surface area contributed by atoms with Crippen molar-refractivity contribution in [2.45, 2.75) is 0 Å². The lowest BCUT2D eigenvalue weighted by molar-refractivity contribution is 0.102. The van der Waals surface area contributed by atoms with Gasteiger partial charge in [0.1, 0.15) is 15.7 Å². The predicted molar refractivity (Wildman–Crippen MR) is 113 cm³/mol. The van der Waals surface area contributed by atoms with Crippen LogP contribution in [0.25, 0.3) is 10.2 Å². The molecule has 0 aliphatic heterocycles. The van der Waals surface area contributed by atoms with Gasteiger partial charge in [-0.2, -0.15) is 0 Å². The zero-order chi connectivity index (χ0) is 20.4. The molecule has 4 rings (SSSR count). The highest BCUT2D eigenvalue weighted by Gasteiger charge is 2.18. The Labute approximate surface area is 175 Å². The van der Waals surface area contributed by atoms with Crippen LogP contribution in [0.4, 0.5) is 5.69 Å². The van der Waals surface area contributed by atoms with Crippen molar-refractivity contribution in [2.24, 2.45) is 0 Å². The van der Waals surface area contributed by atoms with E-state index in [-0.39, 0.29) is 16.5 Å². The van der Waals surface area contributed by atoms with Gasteiger partial charge < -0.3 is 10.1 Å². The minimum atomic E-state index is -0.447. The molecule has 3 heterocycles. The maximum atomic E-state index is 13.0. The molecule has 0 atom stereocenters. The highest BCUT2D eigenvalue weighted by Crippen LogP contribution is 2.30. The summed E-state index contributed by atoms with van der Waals surface area (Å²) in [6.07, 6.45) is 3.19. The number of hydrogen-bond acceptors (Lipinski definition) is 6. The zero-order valence-corrected chi connectivity index (χ0v) is 16.8. The van der Waals surface area contributed by atoms with E-state index in [0.29, 0.717) is 21.9 Å². The monoisotopic (exact) mass is 423 g/mol. The molecule has 0 fully saturated rings. The number of carbonyl (C=O) groups is 2. The van der Waals surface area contributed by atoms with Crippen molar-refractivity contribution in [2.75, 3.05) is 12.4 Å². The molecule has 144 valence electrons. The Bertz CT molecular complexity index is 1210. The van der Waals surface area contributed by atoms with Crippen molar-refractivity contribution in [1.82, 2.24) is 9.97 Å². The van der Waals surface area contributed by atoms with Crippen LogP contribution in [0.15, 0.2) is 60.9 Å². The topological polar surface area (TPSA) is 81.2 Å². The SMILES string of the molecule is COc1ccc(C(=O)c2cc3cccnc3s2)cc1NC(=O)c1cccnc1Cl. The number of nitrogens with zero attached hydrogens (tertiary/aromatic N) is 2. The molecule has 0 bridgehead atoms. The van der Waals surface area contributed by atoms with Gasteiger partial charge >= 0.3 is 0 Å². The zero-order valence-electron chi connectivity index (χ0n) is 15.2. The Morgan fingerprint density at radius 2 is 1.86 bits per heavy atom. The van der Waals surface area contributed by atoms with Gasteiger partial charge in [-0.15, -0.1) is 11.3 Å². The average Bonchev–Trinajstić information content (AvgIpc) is 3.17. The molecule has 6 nitrogen and oxygen atoms in total. The summed E-state index contributed by atoms with van der Waals surface area (Å²) in [5.41, 5.74) is 1.01. The van der Waals surface area contributed by atoms with Crippen molar-refractivity contribution in [1.29, 1.82) is 0 Å². The average molecular weight is 424 g/mol. The normalized spacial score (nSPS) is 10.7. The Balaban J connectivity index is 1.66. The Morgan fingerprint density at radius 1 is 1.07 bits per heavy atom. The number of thiophene rings is 1. The number of ketones is 1. The molecule has 3 aromatic heterocycles.